The second kappa shape index (κ2) is 3.80. The first kappa shape index (κ1) is 9.68. The Morgan fingerprint density at radius 2 is 1.53 bits per heavy atom. The van der Waals surface area contributed by atoms with Gasteiger partial charge in [0.2, 0.25) is 0 Å². The molecule has 0 aromatic heterocycles. The summed E-state index contributed by atoms with van der Waals surface area (Å²) in [5, 5.41) is 13.0. The monoisotopic (exact) mass is 219 g/mol. The van der Waals surface area contributed by atoms with Gasteiger partial charge in [-0.3, -0.25) is 0 Å². The van der Waals surface area contributed by atoms with Gasteiger partial charge in [0.1, 0.15) is 5.75 Å². The third-order valence-electron chi connectivity index (χ3n) is 2.86. The molecule has 0 heterocycles. The maximum Gasteiger partial charge on any atom is 0.292 e. The predicted octanol–water partition coefficient (Wildman–Crippen LogP) is 3.85. The number of nitriles is 1. The fourth-order valence-electron chi connectivity index (χ4n) is 2.08. The van der Waals surface area contributed by atoms with Gasteiger partial charge in [-0.25, -0.2) is 0 Å². The maximum atomic E-state index is 8.62. The Hall–Kier alpha value is -2.53. The number of nitrogens with zero attached hydrogens (tertiary/aromatic N) is 1. The first-order valence-corrected chi connectivity index (χ1v) is 5.36. The van der Waals surface area contributed by atoms with Crippen molar-refractivity contribution < 1.29 is 4.74 Å². The fourth-order valence-corrected chi connectivity index (χ4v) is 2.08. The number of hydrogen-bond donors (Lipinski definition) is 0. The fraction of sp³-hybridized carbons (Fsp3) is 0. The predicted molar refractivity (Wildman–Crippen MR) is 67.7 cm³/mol. The first-order chi connectivity index (χ1) is 8.38. The normalized spacial score (nSPS) is 10.3. The molecule has 3 rings (SSSR count). The van der Waals surface area contributed by atoms with Crippen LogP contribution in [0.1, 0.15) is 0 Å². The molecular formula is C15H9NO. The van der Waals surface area contributed by atoms with Crippen LogP contribution in [0.3, 0.4) is 0 Å². The van der Waals surface area contributed by atoms with Gasteiger partial charge in [-0.15, -0.1) is 5.26 Å². The molecule has 0 saturated heterocycles. The van der Waals surface area contributed by atoms with E-state index in [2.05, 4.69) is 24.3 Å². The highest BCUT2D eigenvalue weighted by Gasteiger charge is 2.03. The van der Waals surface area contributed by atoms with Gasteiger partial charge in [-0.2, -0.15) is 0 Å². The lowest BCUT2D eigenvalue weighted by Gasteiger charge is -2.05. The van der Waals surface area contributed by atoms with E-state index >= 15 is 0 Å². The molecule has 0 unspecified atom stereocenters. The van der Waals surface area contributed by atoms with E-state index in [4.69, 9.17) is 10.00 Å². The highest BCUT2D eigenvalue weighted by molar-refractivity contribution is 6.00. The summed E-state index contributed by atoms with van der Waals surface area (Å²) in [6.45, 7) is 0. The van der Waals surface area contributed by atoms with Crippen molar-refractivity contribution in [3.05, 3.63) is 54.6 Å². The van der Waals surface area contributed by atoms with Gasteiger partial charge in [-0.05, 0) is 34.4 Å². The van der Waals surface area contributed by atoms with Crippen molar-refractivity contribution >= 4 is 21.5 Å². The van der Waals surface area contributed by atoms with E-state index in [1.54, 1.807) is 12.3 Å². The second-order valence-electron chi connectivity index (χ2n) is 3.87. The Bertz CT molecular complexity index is 741. The molecule has 0 radical (unpaired) electrons. The second-order valence-corrected chi connectivity index (χ2v) is 3.87. The van der Waals surface area contributed by atoms with Gasteiger partial charge >= 0.3 is 0 Å². The summed E-state index contributed by atoms with van der Waals surface area (Å²) in [6, 6.07) is 18.0. The van der Waals surface area contributed by atoms with Crippen LogP contribution in [0.2, 0.25) is 0 Å². The van der Waals surface area contributed by atoms with Crippen LogP contribution in [-0.4, -0.2) is 0 Å². The number of ether oxygens (including phenoxy) is 1. The van der Waals surface area contributed by atoms with Crippen LogP contribution in [0.25, 0.3) is 21.5 Å². The molecule has 3 aromatic carbocycles. The molecule has 0 saturated carbocycles. The van der Waals surface area contributed by atoms with Crippen molar-refractivity contribution in [3.63, 3.8) is 0 Å². The summed E-state index contributed by atoms with van der Waals surface area (Å²) in [5.74, 6) is 0.607. The summed E-state index contributed by atoms with van der Waals surface area (Å²) in [5.41, 5.74) is 0. The molecule has 0 fully saturated rings. The van der Waals surface area contributed by atoms with Crippen LogP contribution in [0, 0.1) is 11.5 Å². The van der Waals surface area contributed by atoms with Gasteiger partial charge < -0.3 is 4.74 Å². The highest BCUT2D eigenvalue weighted by atomic mass is 16.5. The molecule has 0 aliphatic heterocycles. The van der Waals surface area contributed by atoms with Crippen LogP contribution in [0.4, 0.5) is 0 Å². The Morgan fingerprint density at radius 1 is 0.824 bits per heavy atom. The number of benzene rings is 3. The minimum atomic E-state index is 0.607. The van der Waals surface area contributed by atoms with Crippen molar-refractivity contribution in [1.29, 1.82) is 5.26 Å². The molecule has 0 amide bonds. The van der Waals surface area contributed by atoms with Crippen molar-refractivity contribution in [3.8, 4) is 12.0 Å². The molecule has 3 aromatic rings. The quantitative estimate of drug-likeness (QED) is 0.460. The maximum absolute atomic E-state index is 8.62. The van der Waals surface area contributed by atoms with Gasteiger partial charge in [-0.1, -0.05) is 36.4 Å². The van der Waals surface area contributed by atoms with E-state index in [0.29, 0.717) is 5.75 Å². The first-order valence-electron chi connectivity index (χ1n) is 5.36. The molecular weight excluding hydrogens is 210 g/mol. The van der Waals surface area contributed by atoms with E-state index in [0.717, 1.165) is 16.2 Å². The number of hydrogen-bond acceptors (Lipinski definition) is 2. The zero-order valence-electron chi connectivity index (χ0n) is 9.05. The van der Waals surface area contributed by atoms with E-state index in [1.165, 1.54) is 5.39 Å². The molecule has 0 atom stereocenters. The van der Waals surface area contributed by atoms with Gasteiger partial charge in [0.25, 0.3) is 6.26 Å². The van der Waals surface area contributed by atoms with Crippen LogP contribution in [0.5, 0.6) is 5.75 Å². The van der Waals surface area contributed by atoms with E-state index in [1.807, 2.05) is 24.3 Å². The molecule has 0 N–H and O–H groups in total. The standard InChI is InChI=1S/C15H9NO/c16-10-17-15-7-3-6-13-8-11-4-1-2-5-12(11)9-14(13)15/h1-9H. The lowest BCUT2D eigenvalue weighted by Crippen LogP contribution is -1.84. The average molecular weight is 219 g/mol. The molecule has 2 heteroatoms. The van der Waals surface area contributed by atoms with Crippen LogP contribution < -0.4 is 4.74 Å². The van der Waals surface area contributed by atoms with Crippen molar-refractivity contribution in [2.75, 3.05) is 0 Å². The molecule has 2 nitrogen and oxygen atoms in total. The SMILES string of the molecule is N#COc1cccc2cc3ccccc3cc12. The summed E-state index contributed by atoms with van der Waals surface area (Å²) < 4.78 is 4.97. The molecule has 0 aliphatic carbocycles. The number of rotatable bonds is 1. The third-order valence-corrected chi connectivity index (χ3v) is 2.86. The lowest BCUT2D eigenvalue weighted by atomic mass is 10.0. The largest absolute Gasteiger partial charge is 0.387 e. The summed E-state index contributed by atoms with van der Waals surface area (Å²) in [6.07, 6.45) is 1.72. The molecule has 80 valence electrons. The zero-order valence-corrected chi connectivity index (χ0v) is 9.05. The van der Waals surface area contributed by atoms with E-state index in [9.17, 15) is 0 Å². The van der Waals surface area contributed by atoms with Crippen molar-refractivity contribution in [1.82, 2.24) is 0 Å². The molecule has 0 spiro atoms. The smallest absolute Gasteiger partial charge is 0.292 e. The highest BCUT2D eigenvalue weighted by Crippen LogP contribution is 2.29. The average Bonchev–Trinajstić information content (AvgIpc) is 2.37. The van der Waals surface area contributed by atoms with Gasteiger partial charge in [0.05, 0.1) is 0 Å². The lowest BCUT2D eigenvalue weighted by molar-refractivity contribution is 0.513. The van der Waals surface area contributed by atoms with Gasteiger partial charge in [0, 0.05) is 5.39 Å². The molecule has 17 heavy (non-hydrogen) atoms. The number of fused-ring (bicyclic) bond motifs is 2. The minimum Gasteiger partial charge on any atom is -0.387 e. The minimum absolute atomic E-state index is 0.607. The zero-order chi connectivity index (χ0) is 11.7. The van der Waals surface area contributed by atoms with Crippen molar-refractivity contribution in [2.24, 2.45) is 0 Å². The van der Waals surface area contributed by atoms with E-state index in [-0.39, 0.29) is 0 Å². The van der Waals surface area contributed by atoms with E-state index < -0.39 is 0 Å². The van der Waals surface area contributed by atoms with Crippen molar-refractivity contribution in [2.45, 2.75) is 0 Å². The Balaban J connectivity index is 2.40. The Morgan fingerprint density at radius 3 is 2.29 bits per heavy atom. The summed E-state index contributed by atoms with van der Waals surface area (Å²) in [4.78, 5) is 0. The van der Waals surface area contributed by atoms with Crippen LogP contribution in [0.15, 0.2) is 54.6 Å². The third kappa shape index (κ3) is 1.58. The topological polar surface area (TPSA) is 33.0 Å². The van der Waals surface area contributed by atoms with Crippen LogP contribution >= 0.6 is 0 Å². The summed E-state index contributed by atoms with van der Waals surface area (Å²) >= 11 is 0. The molecule has 0 bridgehead atoms. The van der Waals surface area contributed by atoms with Crippen LogP contribution in [-0.2, 0) is 0 Å². The van der Waals surface area contributed by atoms with Gasteiger partial charge in [0.15, 0.2) is 0 Å². The summed E-state index contributed by atoms with van der Waals surface area (Å²) in [7, 11) is 0. The molecule has 0 aliphatic rings. The Kier molecular flexibility index (Phi) is 2.16. The Labute approximate surface area is 98.7 Å².